The van der Waals surface area contributed by atoms with Crippen LogP contribution in [0.15, 0.2) is 9.59 Å². The Kier molecular flexibility index (Phi) is 4.40. The van der Waals surface area contributed by atoms with E-state index >= 15 is 0 Å². The minimum atomic E-state index is -0.559. The average Bonchev–Trinajstić information content (AvgIpc) is 2.51. The lowest BCUT2D eigenvalue weighted by atomic mass is 9.63. The molecule has 1 aliphatic carbocycles. The summed E-state index contributed by atoms with van der Waals surface area (Å²) in [6.07, 6.45) is 0.931. The van der Waals surface area contributed by atoms with Crippen molar-refractivity contribution in [2.45, 2.75) is 39.3 Å². The number of rotatable bonds is 4. The summed E-state index contributed by atoms with van der Waals surface area (Å²) >= 11 is 0. The topological polar surface area (TPSA) is 80.3 Å². The predicted octanol–water partition coefficient (Wildman–Crippen LogP) is 0.595. The highest BCUT2D eigenvalue weighted by molar-refractivity contribution is 5.54. The molecule has 0 N–H and O–H groups in total. The van der Waals surface area contributed by atoms with E-state index in [1.54, 1.807) is 7.05 Å². The van der Waals surface area contributed by atoms with Crippen LogP contribution in [0, 0.1) is 16.7 Å². The molecular formula is C16H24N4O3. The summed E-state index contributed by atoms with van der Waals surface area (Å²) in [7, 11) is 4.79. The molecule has 0 aliphatic heterocycles. The van der Waals surface area contributed by atoms with Crippen LogP contribution in [0.1, 0.15) is 32.8 Å². The molecule has 7 heteroatoms. The number of aromatic nitrogens is 2. The second-order valence-corrected chi connectivity index (χ2v) is 6.64. The Morgan fingerprint density at radius 2 is 1.96 bits per heavy atom. The van der Waals surface area contributed by atoms with Gasteiger partial charge in [0.05, 0.1) is 6.10 Å². The molecule has 1 aromatic rings. The van der Waals surface area contributed by atoms with E-state index in [2.05, 4.69) is 13.8 Å². The third kappa shape index (κ3) is 2.47. The number of nitriles is 1. The zero-order chi connectivity index (χ0) is 17.5. The highest BCUT2D eigenvalue weighted by atomic mass is 16.5. The zero-order valence-corrected chi connectivity index (χ0v) is 14.6. The molecule has 2 rings (SSSR count). The van der Waals surface area contributed by atoms with E-state index < -0.39 is 11.2 Å². The van der Waals surface area contributed by atoms with Crippen molar-refractivity contribution in [3.8, 4) is 6.07 Å². The molecule has 7 nitrogen and oxygen atoms in total. The summed E-state index contributed by atoms with van der Waals surface area (Å²) in [5, 5.41) is 9.40. The summed E-state index contributed by atoms with van der Waals surface area (Å²) in [5.41, 5.74) is -1.13. The second-order valence-electron chi connectivity index (χ2n) is 6.64. The molecule has 126 valence electrons. The van der Waals surface area contributed by atoms with Gasteiger partial charge in [-0.15, -0.1) is 0 Å². The minimum Gasteiger partial charge on any atom is -0.378 e. The van der Waals surface area contributed by atoms with Gasteiger partial charge in [0.1, 0.15) is 11.9 Å². The van der Waals surface area contributed by atoms with Crippen LogP contribution in [-0.2, 0) is 18.8 Å². The van der Waals surface area contributed by atoms with Crippen LogP contribution < -0.4 is 16.1 Å². The van der Waals surface area contributed by atoms with Crippen molar-refractivity contribution in [1.29, 1.82) is 5.26 Å². The molecule has 1 saturated carbocycles. The van der Waals surface area contributed by atoms with Gasteiger partial charge in [0, 0.05) is 39.2 Å². The lowest BCUT2D eigenvalue weighted by Crippen LogP contribution is -2.62. The Balaban J connectivity index is 2.50. The Labute approximate surface area is 135 Å². The molecule has 0 bridgehead atoms. The largest absolute Gasteiger partial charge is 0.378 e. The van der Waals surface area contributed by atoms with E-state index in [4.69, 9.17) is 4.74 Å². The summed E-state index contributed by atoms with van der Waals surface area (Å²) in [5.74, 6) is 0.369. The summed E-state index contributed by atoms with van der Waals surface area (Å²) in [6.45, 7) is 6.82. The lowest BCUT2D eigenvalue weighted by molar-refractivity contribution is -0.104. The van der Waals surface area contributed by atoms with Crippen LogP contribution in [0.3, 0.4) is 0 Å². The molecule has 0 unspecified atom stereocenters. The summed E-state index contributed by atoms with van der Waals surface area (Å²) in [6, 6.07) is 2.04. The van der Waals surface area contributed by atoms with Gasteiger partial charge >= 0.3 is 5.69 Å². The van der Waals surface area contributed by atoms with Gasteiger partial charge < -0.3 is 9.64 Å². The molecule has 0 aromatic carbocycles. The third-order valence-corrected chi connectivity index (χ3v) is 5.04. The van der Waals surface area contributed by atoms with E-state index in [0.717, 1.165) is 11.0 Å². The third-order valence-electron chi connectivity index (χ3n) is 5.04. The highest BCUT2D eigenvalue weighted by Crippen LogP contribution is 2.46. The van der Waals surface area contributed by atoms with Crippen molar-refractivity contribution in [3.63, 3.8) is 0 Å². The fourth-order valence-electron chi connectivity index (χ4n) is 3.50. The van der Waals surface area contributed by atoms with Gasteiger partial charge in [-0.2, -0.15) is 5.26 Å². The first-order valence-corrected chi connectivity index (χ1v) is 7.73. The van der Waals surface area contributed by atoms with E-state index in [9.17, 15) is 14.9 Å². The van der Waals surface area contributed by atoms with E-state index in [0.29, 0.717) is 12.4 Å². The van der Waals surface area contributed by atoms with Gasteiger partial charge in [-0.1, -0.05) is 13.8 Å². The van der Waals surface area contributed by atoms with Crippen molar-refractivity contribution in [3.05, 3.63) is 26.4 Å². The molecule has 0 radical (unpaired) electrons. The van der Waals surface area contributed by atoms with E-state index in [1.165, 1.54) is 11.6 Å². The van der Waals surface area contributed by atoms with Gasteiger partial charge in [0.15, 0.2) is 5.56 Å². The molecule has 1 aliphatic rings. The molecule has 1 aromatic heterocycles. The molecular weight excluding hydrogens is 296 g/mol. The Bertz CT molecular complexity index is 769. The van der Waals surface area contributed by atoms with Gasteiger partial charge in [-0.3, -0.25) is 13.9 Å². The van der Waals surface area contributed by atoms with Gasteiger partial charge in [0.25, 0.3) is 5.56 Å². The Morgan fingerprint density at radius 3 is 2.43 bits per heavy atom. The van der Waals surface area contributed by atoms with Crippen LogP contribution in [-0.4, -0.2) is 34.9 Å². The highest BCUT2D eigenvalue weighted by Gasteiger charge is 2.51. The zero-order valence-electron chi connectivity index (χ0n) is 14.6. The summed E-state index contributed by atoms with van der Waals surface area (Å²) in [4.78, 5) is 26.3. The first-order valence-electron chi connectivity index (χ1n) is 7.73. The monoisotopic (exact) mass is 320 g/mol. The van der Waals surface area contributed by atoms with Crippen LogP contribution >= 0.6 is 0 Å². The van der Waals surface area contributed by atoms with Crippen LogP contribution in [0.25, 0.3) is 0 Å². The molecule has 1 heterocycles. The molecule has 0 saturated heterocycles. The Hall–Kier alpha value is -2.07. The maximum absolute atomic E-state index is 12.2. The predicted molar refractivity (Wildman–Crippen MR) is 87.6 cm³/mol. The van der Waals surface area contributed by atoms with Crippen molar-refractivity contribution in [2.75, 3.05) is 18.6 Å². The van der Waals surface area contributed by atoms with Crippen LogP contribution in [0.4, 0.5) is 5.82 Å². The SMILES string of the molecule is CCO[C@@H]1C[C@H](N(C)c2c(C#N)c(=O)n(C)c(=O)n2C)C1(C)C. The number of nitrogens with zero attached hydrogens (tertiary/aromatic N) is 4. The number of hydrogen-bond acceptors (Lipinski definition) is 5. The van der Waals surface area contributed by atoms with Crippen molar-refractivity contribution < 1.29 is 4.74 Å². The molecule has 1 fully saturated rings. The fraction of sp³-hybridized carbons (Fsp3) is 0.688. The molecule has 23 heavy (non-hydrogen) atoms. The lowest BCUT2D eigenvalue weighted by Gasteiger charge is -2.55. The first-order chi connectivity index (χ1) is 10.7. The number of ether oxygens (including phenoxy) is 1. The van der Waals surface area contributed by atoms with Crippen molar-refractivity contribution >= 4 is 5.82 Å². The molecule has 0 amide bonds. The van der Waals surface area contributed by atoms with E-state index in [-0.39, 0.29) is 23.1 Å². The van der Waals surface area contributed by atoms with Gasteiger partial charge in [-0.05, 0) is 13.3 Å². The average molecular weight is 320 g/mol. The van der Waals surface area contributed by atoms with Gasteiger partial charge in [-0.25, -0.2) is 4.79 Å². The van der Waals surface area contributed by atoms with Crippen molar-refractivity contribution in [1.82, 2.24) is 9.13 Å². The molecule has 0 spiro atoms. The normalized spacial score (nSPS) is 22.3. The second kappa shape index (κ2) is 5.85. The molecule has 2 atom stereocenters. The standard InChI is InChI=1S/C16H24N4O3/c1-7-23-12-8-11(16(12,2)3)18(4)13-10(9-17)14(21)20(6)15(22)19(13)5/h11-12H,7-8H2,1-6H3/t11-,12+/m0/s1. The fourth-order valence-corrected chi connectivity index (χ4v) is 3.50. The van der Waals surface area contributed by atoms with E-state index in [1.807, 2.05) is 24.9 Å². The van der Waals surface area contributed by atoms with Crippen LogP contribution in [0.2, 0.25) is 0 Å². The smallest absolute Gasteiger partial charge is 0.332 e. The first kappa shape index (κ1) is 17.3. The minimum absolute atomic E-state index is 0.00670. The maximum Gasteiger partial charge on any atom is 0.332 e. The number of hydrogen-bond donors (Lipinski definition) is 0. The quantitative estimate of drug-likeness (QED) is 0.811. The summed E-state index contributed by atoms with van der Waals surface area (Å²) < 4.78 is 8.06. The van der Waals surface area contributed by atoms with Crippen molar-refractivity contribution in [2.24, 2.45) is 19.5 Å². The van der Waals surface area contributed by atoms with Crippen LogP contribution in [0.5, 0.6) is 0 Å². The van der Waals surface area contributed by atoms with Gasteiger partial charge in [0.2, 0.25) is 0 Å². The maximum atomic E-state index is 12.2. The number of anilines is 1. The Morgan fingerprint density at radius 1 is 1.35 bits per heavy atom.